The van der Waals surface area contributed by atoms with E-state index in [1.165, 1.54) is 18.2 Å². The van der Waals surface area contributed by atoms with Crippen LogP contribution in [-0.2, 0) is 0 Å². The van der Waals surface area contributed by atoms with Gasteiger partial charge in [0, 0.05) is 24.0 Å². The second-order valence-corrected chi connectivity index (χ2v) is 4.15. The summed E-state index contributed by atoms with van der Waals surface area (Å²) < 4.78 is 0. The molecule has 0 spiro atoms. The molecule has 7 heteroatoms. The predicted octanol–water partition coefficient (Wildman–Crippen LogP) is 2.70. The third-order valence-electron chi connectivity index (χ3n) is 2.77. The van der Waals surface area contributed by atoms with E-state index in [0.717, 1.165) is 5.56 Å². The van der Waals surface area contributed by atoms with E-state index in [1.807, 2.05) is 6.07 Å². The van der Waals surface area contributed by atoms with Crippen molar-refractivity contribution in [1.82, 2.24) is 4.98 Å². The summed E-state index contributed by atoms with van der Waals surface area (Å²) in [5, 5.41) is 23.9. The second kappa shape index (κ2) is 6.25. The summed E-state index contributed by atoms with van der Waals surface area (Å²) in [5.74, 6) is 0. The molecule has 0 radical (unpaired) electrons. The van der Waals surface area contributed by atoms with Gasteiger partial charge in [0.2, 0.25) is 0 Å². The lowest BCUT2D eigenvalue weighted by atomic mass is 10.2. The van der Waals surface area contributed by atoms with E-state index in [-0.39, 0.29) is 16.9 Å². The topological polar surface area (TPSA) is 104 Å². The van der Waals surface area contributed by atoms with Crippen LogP contribution >= 0.6 is 0 Å². The van der Waals surface area contributed by atoms with Crippen molar-refractivity contribution in [3.8, 4) is 6.07 Å². The monoisotopic (exact) mass is 281 g/mol. The van der Waals surface area contributed by atoms with Crippen molar-refractivity contribution >= 4 is 17.1 Å². The molecule has 0 aliphatic heterocycles. The van der Waals surface area contributed by atoms with Crippen LogP contribution in [0.4, 0.5) is 11.4 Å². The Morgan fingerprint density at radius 1 is 1.38 bits per heavy atom. The van der Waals surface area contributed by atoms with Crippen LogP contribution in [0, 0.1) is 21.4 Å². The first-order chi connectivity index (χ1) is 10.1. The van der Waals surface area contributed by atoms with Gasteiger partial charge in [0.1, 0.15) is 5.69 Å². The number of hydrazone groups is 1. The highest BCUT2D eigenvalue weighted by atomic mass is 16.6. The summed E-state index contributed by atoms with van der Waals surface area (Å²) in [6, 6.07) is 9.60. The number of nitrogens with one attached hydrogen (secondary N) is 1. The molecule has 21 heavy (non-hydrogen) atoms. The van der Waals surface area contributed by atoms with Crippen LogP contribution in [0.1, 0.15) is 18.1 Å². The summed E-state index contributed by atoms with van der Waals surface area (Å²) >= 11 is 0. The number of pyridine rings is 1. The maximum absolute atomic E-state index is 11.0. The van der Waals surface area contributed by atoms with Gasteiger partial charge in [0.05, 0.1) is 22.3 Å². The van der Waals surface area contributed by atoms with Crippen molar-refractivity contribution in [3.05, 3.63) is 64.0 Å². The molecule has 0 amide bonds. The van der Waals surface area contributed by atoms with Crippen molar-refractivity contribution < 1.29 is 4.92 Å². The highest BCUT2D eigenvalue weighted by molar-refractivity contribution is 5.99. The average Bonchev–Trinajstić information content (AvgIpc) is 2.53. The fourth-order valence-electron chi connectivity index (χ4n) is 1.65. The first kappa shape index (κ1) is 14.1. The molecule has 1 aromatic carbocycles. The summed E-state index contributed by atoms with van der Waals surface area (Å²) in [7, 11) is 0. The third kappa shape index (κ3) is 3.39. The fourth-order valence-corrected chi connectivity index (χ4v) is 1.65. The fraction of sp³-hybridized carbons (Fsp3) is 0.0714. The summed E-state index contributed by atoms with van der Waals surface area (Å²) in [4.78, 5) is 14.4. The van der Waals surface area contributed by atoms with E-state index in [2.05, 4.69) is 15.5 Å². The quantitative estimate of drug-likeness (QED) is 0.527. The molecular weight excluding hydrogens is 270 g/mol. The lowest BCUT2D eigenvalue weighted by molar-refractivity contribution is -0.384. The van der Waals surface area contributed by atoms with Gasteiger partial charge in [0.15, 0.2) is 0 Å². The van der Waals surface area contributed by atoms with Crippen LogP contribution in [0.15, 0.2) is 47.8 Å². The standard InChI is InChI=1S/C14H11N5O2/c1-10(12-4-6-16-7-5-12)17-18-13-3-2-11(9-15)8-14(13)19(20)21/h2-8,18H,1H3/b17-10+. The summed E-state index contributed by atoms with van der Waals surface area (Å²) in [5.41, 5.74) is 4.44. The van der Waals surface area contributed by atoms with E-state index in [9.17, 15) is 10.1 Å². The van der Waals surface area contributed by atoms with E-state index in [0.29, 0.717) is 5.71 Å². The normalized spacial score (nSPS) is 10.8. The maximum Gasteiger partial charge on any atom is 0.295 e. The lowest BCUT2D eigenvalue weighted by Gasteiger charge is -2.04. The van der Waals surface area contributed by atoms with Gasteiger partial charge in [-0.25, -0.2) is 0 Å². The van der Waals surface area contributed by atoms with Gasteiger partial charge < -0.3 is 0 Å². The molecule has 0 bridgehead atoms. The van der Waals surface area contributed by atoms with Crippen molar-refractivity contribution in [1.29, 1.82) is 5.26 Å². The first-order valence-electron chi connectivity index (χ1n) is 6.01. The molecule has 0 saturated heterocycles. The van der Waals surface area contributed by atoms with E-state index >= 15 is 0 Å². The molecule has 0 aliphatic rings. The van der Waals surface area contributed by atoms with E-state index < -0.39 is 4.92 Å². The van der Waals surface area contributed by atoms with E-state index in [1.54, 1.807) is 31.5 Å². The molecule has 0 fully saturated rings. The van der Waals surface area contributed by atoms with Crippen LogP contribution in [0.25, 0.3) is 0 Å². The number of nitro benzene ring substituents is 1. The molecule has 0 saturated carbocycles. The molecule has 1 N–H and O–H groups in total. The molecule has 1 aromatic heterocycles. The molecule has 7 nitrogen and oxygen atoms in total. The second-order valence-electron chi connectivity index (χ2n) is 4.15. The maximum atomic E-state index is 11.0. The highest BCUT2D eigenvalue weighted by Crippen LogP contribution is 2.25. The minimum atomic E-state index is -0.555. The largest absolute Gasteiger partial charge is 0.295 e. The van der Waals surface area contributed by atoms with Crippen molar-refractivity contribution in [2.45, 2.75) is 6.92 Å². The molecule has 2 rings (SSSR count). The Hall–Kier alpha value is -3.27. The number of benzene rings is 1. The summed E-state index contributed by atoms with van der Waals surface area (Å²) in [6.07, 6.45) is 3.27. The third-order valence-corrected chi connectivity index (χ3v) is 2.77. The van der Waals surface area contributed by atoms with Gasteiger partial charge in [-0.1, -0.05) is 0 Å². The molecule has 0 atom stereocenters. The number of hydrogen-bond acceptors (Lipinski definition) is 6. The SMILES string of the molecule is C/C(=N\Nc1ccc(C#N)cc1[N+](=O)[O-])c1ccncc1. The lowest BCUT2D eigenvalue weighted by Crippen LogP contribution is -2.02. The Bertz CT molecular complexity index is 735. The van der Waals surface area contributed by atoms with Crippen molar-refractivity contribution in [2.75, 3.05) is 5.43 Å². The minimum absolute atomic E-state index is 0.194. The number of nitrogens with zero attached hydrogens (tertiary/aromatic N) is 4. The zero-order valence-electron chi connectivity index (χ0n) is 11.1. The molecule has 0 unspecified atom stereocenters. The van der Waals surface area contributed by atoms with Crippen LogP contribution in [0.5, 0.6) is 0 Å². The average molecular weight is 281 g/mol. The van der Waals surface area contributed by atoms with E-state index in [4.69, 9.17) is 5.26 Å². The molecule has 1 heterocycles. The number of nitriles is 1. The van der Waals surface area contributed by atoms with Crippen LogP contribution < -0.4 is 5.43 Å². The van der Waals surface area contributed by atoms with Gasteiger partial charge in [-0.2, -0.15) is 10.4 Å². The molecule has 0 aliphatic carbocycles. The van der Waals surface area contributed by atoms with Crippen molar-refractivity contribution in [3.63, 3.8) is 0 Å². The Morgan fingerprint density at radius 3 is 2.71 bits per heavy atom. The zero-order chi connectivity index (χ0) is 15.2. The first-order valence-corrected chi connectivity index (χ1v) is 6.01. The number of hydrogen-bond donors (Lipinski definition) is 1. The Balaban J connectivity index is 2.28. The number of nitro groups is 1. The van der Waals surface area contributed by atoms with Crippen molar-refractivity contribution in [2.24, 2.45) is 5.10 Å². The van der Waals surface area contributed by atoms with Gasteiger partial charge in [-0.05, 0) is 31.2 Å². The smallest absolute Gasteiger partial charge is 0.271 e. The van der Waals surface area contributed by atoms with Crippen LogP contribution in [0.2, 0.25) is 0 Å². The Kier molecular flexibility index (Phi) is 4.21. The Labute approximate surface area is 120 Å². The molecule has 104 valence electrons. The van der Waals surface area contributed by atoms with Crippen LogP contribution in [-0.4, -0.2) is 15.6 Å². The molecular formula is C14H11N5O2. The number of anilines is 1. The number of rotatable bonds is 4. The number of aromatic nitrogens is 1. The zero-order valence-corrected chi connectivity index (χ0v) is 11.1. The van der Waals surface area contributed by atoms with Gasteiger partial charge >= 0.3 is 0 Å². The van der Waals surface area contributed by atoms with Gasteiger partial charge in [-0.3, -0.25) is 20.5 Å². The van der Waals surface area contributed by atoms with Crippen LogP contribution in [0.3, 0.4) is 0 Å². The minimum Gasteiger partial charge on any atom is -0.271 e. The molecule has 2 aromatic rings. The van der Waals surface area contributed by atoms with Gasteiger partial charge in [0.25, 0.3) is 5.69 Å². The van der Waals surface area contributed by atoms with Gasteiger partial charge in [-0.15, -0.1) is 0 Å². The Morgan fingerprint density at radius 2 is 2.10 bits per heavy atom. The summed E-state index contributed by atoms with van der Waals surface area (Å²) in [6.45, 7) is 1.78. The predicted molar refractivity (Wildman–Crippen MR) is 77.9 cm³/mol. The highest BCUT2D eigenvalue weighted by Gasteiger charge is 2.14.